The zero-order valence-corrected chi connectivity index (χ0v) is 14.3. The summed E-state index contributed by atoms with van der Waals surface area (Å²) < 4.78 is 17.6. The number of carbonyl (C=O) groups excluding carboxylic acids is 1. The molecule has 5 rings (SSSR count). The molecule has 0 aromatic heterocycles. The maximum atomic E-state index is 12.6. The standard InChI is InChI=1S/C17H26O6/c1-5-19-13(18)16(4)12-7-6-10(2)11-8-9-15(3)20-14(21-16)17(11,12)23-22-15/h10-12,14H,5-9H2,1-4H3/t10-,11?,12+,14+,15+,16+,17-/m1/s1. The van der Waals surface area contributed by atoms with Crippen LogP contribution >= 0.6 is 0 Å². The molecule has 4 saturated heterocycles. The van der Waals surface area contributed by atoms with E-state index < -0.39 is 23.3 Å². The van der Waals surface area contributed by atoms with E-state index >= 15 is 0 Å². The van der Waals surface area contributed by atoms with Gasteiger partial charge in [-0.05, 0) is 51.9 Å². The lowest BCUT2D eigenvalue weighted by molar-refractivity contribution is -0.541. The molecule has 0 aromatic rings. The van der Waals surface area contributed by atoms with Gasteiger partial charge in [0.15, 0.2) is 17.5 Å². The lowest BCUT2D eigenvalue weighted by atomic mass is 9.60. The quantitative estimate of drug-likeness (QED) is 0.574. The molecule has 130 valence electrons. The van der Waals surface area contributed by atoms with Crippen LogP contribution in [0.1, 0.15) is 53.4 Å². The summed E-state index contributed by atoms with van der Waals surface area (Å²) in [5.74, 6) is -0.525. The molecule has 1 unspecified atom stereocenters. The Balaban J connectivity index is 1.79. The normalized spacial score (nSPS) is 54.4. The van der Waals surface area contributed by atoms with Crippen molar-refractivity contribution in [3.05, 3.63) is 0 Å². The second kappa shape index (κ2) is 4.91. The van der Waals surface area contributed by atoms with E-state index in [-0.39, 0.29) is 17.8 Å². The van der Waals surface area contributed by atoms with E-state index in [4.69, 9.17) is 24.0 Å². The molecule has 0 amide bonds. The highest BCUT2D eigenvalue weighted by molar-refractivity contribution is 5.80. The molecule has 0 N–H and O–H groups in total. The van der Waals surface area contributed by atoms with Crippen molar-refractivity contribution < 1.29 is 28.8 Å². The molecule has 0 aromatic carbocycles. The van der Waals surface area contributed by atoms with Gasteiger partial charge in [-0.2, -0.15) is 0 Å². The van der Waals surface area contributed by atoms with Gasteiger partial charge in [0, 0.05) is 12.3 Å². The topological polar surface area (TPSA) is 63.2 Å². The molecule has 1 saturated carbocycles. The Morgan fingerprint density at radius 2 is 1.96 bits per heavy atom. The minimum absolute atomic E-state index is 0.122. The van der Waals surface area contributed by atoms with Crippen LogP contribution in [0, 0.1) is 17.8 Å². The van der Waals surface area contributed by atoms with Crippen LogP contribution in [0.15, 0.2) is 0 Å². The van der Waals surface area contributed by atoms with Gasteiger partial charge in [-0.3, -0.25) is 0 Å². The Labute approximate surface area is 136 Å². The van der Waals surface area contributed by atoms with Crippen LogP contribution in [0.3, 0.4) is 0 Å². The average Bonchev–Trinajstić information content (AvgIpc) is 2.60. The molecule has 2 bridgehead atoms. The van der Waals surface area contributed by atoms with Gasteiger partial charge in [-0.1, -0.05) is 6.92 Å². The van der Waals surface area contributed by atoms with Gasteiger partial charge in [0.05, 0.1) is 6.61 Å². The fourth-order valence-corrected chi connectivity index (χ4v) is 5.18. The average molecular weight is 326 g/mol. The van der Waals surface area contributed by atoms with E-state index in [2.05, 4.69) is 6.92 Å². The van der Waals surface area contributed by atoms with E-state index in [0.717, 1.165) is 25.7 Å². The first-order chi connectivity index (χ1) is 10.9. The van der Waals surface area contributed by atoms with E-state index in [1.165, 1.54) is 0 Å². The van der Waals surface area contributed by atoms with E-state index in [1.807, 2.05) is 13.8 Å². The number of esters is 1. The number of hydrogen-bond acceptors (Lipinski definition) is 6. The smallest absolute Gasteiger partial charge is 0.338 e. The van der Waals surface area contributed by atoms with Gasteiger partial charge >= 0.3 is 5.97 Å². The summed E-state index contributed by atoms with van der Waals surface area (Å²) in [6.45, 7) is 8.07. The monoisotopic (exact) mass is 326 g/mol. The van der Waals surface area contributed by atoms with Crippen LogP contribution in [-0.4, -0.2) is 35.9 Å². The first-order valence-corrected chi connectivity index (χ1v) is 8.75. The SMILES string of the molecule is CCOC(=O)[C@@]1(C)O[C@@H]2O[C@]3(C)CCC4[C@H](C)CC[C@@H]1[C@]42OO3. The van der Waals surface area contributed by atoms with Crippen molar-refractivity contribution in [2.45, 2.75) is 76.7 Å². The van der Waals surface area contributed by atoms with E-state index in [0.29, 0.717) is 12.5 Å². The predicted octanol–water partition coefficient (Wildman–Crippen LogP) is 2.55. The summed E-state index contributed by atoms with van der Waals surface area (Å²) in [6, 6.07) is 0. The molecule has 5 fully saturated rings. The lowest BCUT2D eigenvalue weighted by Gasteiger charge is -2.50. The summed E-state index contributed by atoms with van der Waals surface area (Å²) in [7, 11) is 0. The highest BCUT2D eigenvalue weighted by atomic mass is 17.3. The number of carbonyl (C=O) groups is 1. The van der Waals surface area contributed by atoms with Gasteiger partial charge in [-0.25, -0.2) is 14.6 Å². The molecule has 1 spiro atoms. The number of rotatable bonds is 2. The van der Waals surface area contributed by atoms with Crippen molar-refractivity contribution in [1.29, 1.82) is 0 Å². The Morgan fingerprint density at radius 1 is 1.17 bits per heavy atom. The highest BCUT2D eigenvalue weighted by Crippen LogP contribution is 2.63. The minimum Gasteiger partial charge on any atom is -0.464 e. The maximum absolute atomic E-state index is 12.6. The summed E-state index contributed by atoms with van der Waals surface area (Å²) >= 11 is 0. The fraction of sp³-hybridized carbons (Fsp3) is 0.941. The molecule has 6 heteroatoms. The molecular formula is C17H26O6. The number of ether oxygens (including phenoxy) is 3. The van der Waals surface area contributed by atoms with Crippen molar-refractivity contribution in [1.82, 2.24) is 0 Å². The van der Waals surface area contributed by atoms with Gasteiger partial charge in [0.25, 0.3) is 0 Å². The third-order valence-corrected chi connectivity index (χ3v) is 6.42. The Kier molecular flexibility index (Phi) is 3.38. The summed E-state index contributed by atoms with van der Waals surface area (Å²) in [6.07, 6.45) is 3.02. The van der Waals surface area contributed by atoms with Crippen LogP contribution in [0.25, 0.3) is 0 Å². The first kappa shape index (κ1) is 15.8. The number of hydrogen-bond donors (Lipinski definition) is 0. The molecule has 6 nitrogen and oxygen atoms in total. The molecule has 1 aliphatic carbocycles. The van der Waals surface area contributed by atoms with Gasteiger partial charge in [-0.15, -0.1) is 0 Å². The van der Waals surface area contributed by atoms with Crippen molar-refractivity contribution in [3.63, 3.8) is 0 Å². The molecule has 23 heavy (non-hydrogen) atoms. The highest BCUT2D eigenvalue weighted by Gasteiger charge is 2.75. The van der Waals surface area contributed by atoms with Gasteiger partial charge < -0.3 is 14.2 Å². The zero-order valence-electron chi connectivity index (χ0n) is 14.3. The van der Waals surface area contributed by atoms with E-state index in [9.17, 15) is 4.79 Å². The fourth-order valence-electron chi connectivity index (χ4n) is 5.18. The summed E-state index contributed by atoms with van der Waals surface area (Å²) in [5.41, 5.74) is -1.76. The molecule has 7 atom stereocenters. The Hall–Kier alpha value is -0.690. The maximum Gasteiger partial charge on any atom is 0.338 e. The van der Waals surface area contributed by atoms with Crippen LogP contribution < -0.4 is 0 Å². The first-order valence-electron chi connectivity index (χ1n) is 8.75. The molecule has 0 radical (unpaired) electrons. The van der Waals surface area contributed by atoms with Crippen LogP contribution in [-0.2, 0) is 28.8 Å². The second-order valence-electron chi connectivity index (χ2n) is 7.80. The zero-order chi connectivity index (χ0) is 16.5. The van der Waals surface area contributed by atoms with Gasteiger partial charge in [0.2, 0.25) is 5.79 Å². The van der Waals surface area contributed by atoms with Crippen LogP contribution in [0.4, 0.5) is 0 Å². The molecule has 4 aliphatic heterocycles. The lowest BCUT2D eigenvalue weighted by Crippen LogP contribution is -2.62. The van der Waals surface area contributed by atoms with Crippen molar-refractivity contribution in [3.8, 4) is 0 Å². The van der Waals surface area contributed by atoms with Crippen LogP contribution in [0.5, 0.6) is 0 Å². The molecular weight excluding hydrogens is 300 g/mol. The van der Waals surface area contributed by atoms with Gasteiger partial charge in [0.1, 0.15) is 0 Å². The number of fused-ring (bicyclic) bond motifs is 2. The minimum atomic E-state index is -1.05. The van der Waals surface area contributed by atoms with E-state index in [1.54, 1.807) is 6.92 Å². The Bertz CT molecular complexity index is 523. The second-order valence-corrected chi connectivity index (χ2v) is 7.80. The molecule has 5 aliphatic rings. The van der Waals surface area contributed by atoms with Crippen molar-refractivity contribution in [2.24, 2.45) is 17.8 Å². The third-order valence-electron chi connectivity index (χ3n) is 6.42. The summed E-state index contributed by atoms with van der Waals surface area (Å²) in [4.78, 5) is 24.3. The largest absolute Gasteiger partial charge is 0.464 e. The Morgan fingerprint density at radius 3 is 2.70 bits per heavy atom. The van der Waals surface area contributed by atoms with Crippen molar-refractivity contribution in [2.75, 3.05) is 6.61 Å². The van der Waals surface area contributed by atoms with Crippen molar-refractivity contribution >= 4 is 5.97 Å². The van der Waals surface area contributed by atoms with Crippen LogP contribution in [0.2, 0.25) is 0 Å². The molecule has 4 heterocycles. The predicted molar refractivity (Wildman–Crippen MR) is 78.9 cm³/mol. The third kappa shape index (κ3) is 1.92. The summed E-state index contributed by atoms with van der Waals surface area (Å²) in [5, 5.41) is 0.